The summed E-state index contributed by atoms with van der Waals surface area (Å²) in [6.07, 6.45) is -6.01. The van der Waals surface area contributed by atoms with Gasteiger partial charge in [-0.1, -0.05) is 29.5 Å². The second kappa shape index (κ2) is 8.78. The molecule has 0 saturated carbocycles. The first-order valence-corrected chi connectivity index (χ1v) is 10.4. The molecule has 1 saturated heterocycles. The minimum Gasteiger partial charge on any atom is -0.456 e. The van der Waals surface area contributed by atoms with Crippen LogP contribution in [0.15, 0.2) is 24.3 Å². The highest BCUT2D eigenvalue weighted by Gasteiger charge is 2.53. The molecule has 12 nitrogen and oxygen atoms in total. The van der Waals surface area contributed by atoms with Crippen molar-refractivity contribution in [3.8, 4) is 0 Å². The van der Waals surface area contributed by atoms with Gasteiger partial charge in [0.25, 0.3) is 0 Å². The molecular formula is C22H21N3O9. The molecular weight excluding hydrogens is 450 g/mol. The Kier molecular flexibility index (Phi) is 6.00. The molecule has 4 rings (SSSR count). The van der Waals surface area contributed by atoms with Crippen molar-refractivity contribution in [2.24, 2.45) is 0 Å². The quantitative estimate of drug-likeness (QED) is 0.391. The van der Waals surface area contributed by atoms with E-state index in [9.17, 15) is 24.0 Å². The highest BCUT2D eigenvalue weighted by Crippen LogP contribution is 2.36. The van der Waals surface area contributed by atoms with Crippen molar-refractivity contribution in [3.05, 3.63) is 46.8 Å². The van der Waals surface area contributed by atoms with Crippen LogP contribution in [0, 0.1) is 0 Å². The Morgan fingerprint density at radius 2 is 1.38 bits per heavy atom. The molecule has 0 N–H and O–H groups in total. The standard InChI is InChI=1S/C22H21N3O9/c1-9-19(32-10(2)26)20(33-11(3)27)21(34-12(4)28)22(31-9)25-16-15(23-24-25)17(29)13-7-5-6-8-14(13)18(16)30/h5-9,19-22H,1-4H3/t9-,19+,20+,21-,22+/m0/s1. The molecule has 0 radical (unpaired) electrons. The first-order valence-electron chi connectivity index (χ1n) is 10.4. The number of benzene rings is 1. The Morgan fingerprint density at radius 1 is 0.853 bits per heavy atom. The maximum Gasteiger partial charge on any atom is 0.303 e. The summed E-state index contributed by atoms with van der Waals surface area (Å²) in [5.74, 6) is -3.19. The van der Waals surface area contributed by atoms with E-state index in [0.717, 1.165) is 18.5 Å². The molecule has 0 amide bonds. The molecule has 1 aromatic heterocycles. The minimum absolute atomic E-state index is 0.158. The van der Waals surface area contributed by atoms with Crippen molar-refractivity contribution >= 4 is 29.5 Å². The zero-order valence-corrected chi connectivity index (χ0v) is 18.7. The van der Waals surface area contributed by atoms with Crippen LogP contribution in [0.2, 0.25) is 0 Å². The molecule has 2 aliphatic rings. The summed E-state index contributed by atoms with van der Waals surface area (Å²) in [5.41, 5.74) is -0.00163. The lowest BCUT2D eigenvalue weighted by molar-refractivity contribution is -0.261. The lowest BCUT2D eigenvalue weighted by Crippen LogP contribution is -2.59. The molecule has 1 fully saturated rings. The number of carbonyl (C=O) groups excluding carboxylic acids is 5. The summed E-state index contributed by atoms with van der Waals surface area (Å²) in [6.45, 7) is 4.98. The Bertz CT molecular complexity index is 1200. The largest absolute Gasteiger partial charge is 0.456 e. The van der Waals surface area contributed by atoms with Gasteiger partial charge in [-0.15, -0.1) is 5.10 Å². The third-order valence-electron chi connectivity index (χ3n) is 5.43. The van der Waals surface area contributed by atoms with Crippen LogP contribution in [0.4, 0.5) is 0 Å². The van der Waals surface area contributed by atoms with Gasteiger partial charge in [-0.3, -0.25) is 24.0 Å². The lowest BCUT2D eigenvalue weighted by atomic mass is 9.89. The van der Waals surface area contributed by atoms with Crippen molar-refractivity contribution in [2.75, 3.05) is 0 Å². The van der Waals surface area contributed by atoms with Crippen molar-refractivity contribution < 1.29 is 42.9 Å². The van der Waals surface area contributed by atoms with E-state index in [2.05, 4.69) is 10.3 Å². The molecule has 178 valence electrons. The lowest BCUT2D eigenvalue weighted by Gasteiger charge is -2.43. The van der Waals surface area contributed by atoms with Crippen LogP contribution in [0.5, 0.6) is 0 Å². The maximum absolute atomic E-state index is 13.3. The van der Waals surface area contributed by atoms with Gasteiger partial charge in [-0.05, 0) is 6.92 Å². The van der Waals surface area contributed by atoms with E-state index in [1.165, 1.54) is 19.1 Å². The van der Waals surface area contributed by atoms with Crippen LogP contribution in [0.25, 0.3) is 0 Å². The van der Waals surface area contributed by atoms with E-state index in [-0.39, 0.29) is 22.5 Å². The average Bonchev–Trinajstić information content (AvgIpc) is 3.21. The fourth-order valence-corrected chi connectivity index (χ4v) is 4.16. The normalized spacial score (nSPS) is 25.7. The topological polar surface area (TPSA) is 153 Å². The molecule has 1 aliphatic heterocycles. The number of ether oxygens (including phenoxy) is 4. The molecule has 2 aromatic rings. The molecule has 34 heavy (non-hydrogen) atoms. The van der Waals surface area contributed by atoms with E-state index in [1.807, 2.05) is 0 Å². The number of esters is 3. The van der Waals surface area contributed by atoms with E-state index in [4.69, 9.17) is 18.9 Å². The smallest absolute Gasteiger partial charge is 0.303 e. The highest BCUT2D eigenvalue weighted by atomic mass is 16.7. The van der Waals surface area contributed by atoms with E-state index in [1.54, 1.807) is 19.1 Å². The van der Waals surface area contributed by atoms with Crippen molar-refractivity contribution in [2.45, 2.75) is 58.3 Å². The van der Waals surface area contributed by atoms with Crippen molar-refractivity contribution in [1.82, 2.24) is 15.0 Å². The van der Waals surface area contributed by atoms with Crippen LogP contribution in [-0.2, 0) is 33.3 Å². The van der Waals surface area contributed by atoms with Gasteiger partial charge >= 0.3 is 17.9 Å². The highest BCUT2D eigenvalue weighted by molar-refractivity contribution is 6.26. The number of aromatic nitrogens is 3. The summed E-state index contributed by atoms with van der Waals surface area (Å²) >= 11 is 0. The number of hydrogen-bond donors (Lipinski definition) is 0. The second-order valence-electron chi connectivity index (χ2n) is 7.89. The van der Waals surface area contributed by atoms with Crippen LogP contribution in [0.1, 0.15) is 66.0 Å². The fourth-order valence-electron chi connectivity index (χ4n) is 4.16. The molecule has 1 aliphatic carbocycles. The number of ketones is 2. The Morgan fingerprint density at radius 3 is 1.97 bits per heavy atom. The van der Waals surface area contributed by atoms with Gasteiger partial charge in [0.05, 0.1) is 6.10 Å². The van der Waals surface area contributed by atoms with Crippen LogP contribution in [0.3, 0.4) is 0 Å². The zero-order chi connectivity index (χ0) is 24.7. The van der Waals surface area contributed by atoms with Gasteiger partial charge < -0.3 is 18.9 Å². The second-order valence-corrected chi connectivity index (χ2v) is 7.89. The van der Waals surface area contributed by atoms with Crippen LogP contribution < -0.4 is 0 Å². The summed E-state index contributed by atoms with van der Waals surface area (Å²) in [7, 11) is 0. The first-order chi connectivity index (χ1) is 16.1. The number of carbonyl (C=O) groups is 5. The van der Waals surface area contributed by atoms with Gasteiger partial charge in [-0.25, -0.2) is 4.68 Å². The van der Waals surface area contributed by atoms with Gasteiger partial charge in [0, 0.05) is 31.9 Å². The van der Waals surface area contributed by atoms with Crippen molar-refractivity contribution in [3.63, 3.8) is 0 Å². The summed E-state index contributed by atoms with van der Waals surface area (Å²) in [4.78, 5) is 61.7. The van der Waals surface area contributed by atoms with Crippen molar-refractivity contribution in [1.29, 1.82) is 0 Å². The number of rotatable bonds is 4. The molecule has 0 spiro atoms. The summed E-state index contributed by atoms with van der Waals surface area (Å²) < 4.78 is 23.1. The van der Waals surface area contributed by atoms with Crippen LogP contribution >= 0.6 is 0 Å². The van der Waals surface area contributed by atoms with Gasteiger partial charge in [0.15, 0.2) is 30.2 Å². The van der Waals surface area contributed by atoms with E-state index in [0.29, 0.717) is 0 Å². The summed E-state index contributed by atoms with van der Waals surface area (Å²) in [5, 5.41) is 7.84. The number of nitrogens with zero attached hydrogens (tertiary/aromatic N) is 3. The maximum atomic E-state index is 13.3. The Balaban J connectivity index is 1.82. The molecule has 2 heterocycles. The molecule has 5 atom stereocenters. The monoisotopic (exact) mass is 471 g/mol. The Hall–Kier alpha value is -3.93. The van der Waals surface area contributed by atoms with E-state index < -0.39 is 60.1 Å². The third-order valence-corrected chi connectivity index (χ3v) is 5.43. The average molecular weight is 471 g/mol. The predicted molar refractivity (Wildman–Crippen MR) is 110 cm³/mol. The Labute approximate surface area is 193 Å². The minimum atomic E-state index is -1.38. The molecule has 0 bridgehead atoms. The zero-order valence-electron chi connectivity index (χ0n) is 18.7. The van der Waals surface area contributed by atoms with Crippen LogP contribution in [-0.4, -0.2) is 68.9 Å². The number of hydrogen-bond acceptors (Lipinski definition) is 11. The first kappa shape index (κ1) is 23.2. The molecule has 1 aromatic carbocycles. The SMILES string of the molecule is CC(=O)O[C@@H]1[C@H](OC(C)=O)[C@H](C)O[C@@H](n2nnc3c2C(=O)c2ccccc2C3=O)[C@H]1OC(C)=O. The van der Waals surface area contributed by atoms with E-state index >= 15 is 0 Å². The van der Waals surface area contributed by atoms with Gasteiger partial charge in [-0.2, -0.15) is 0 Å². The van der Waals surface area contributed by atoms with Gasteiger partial charge in [0.1, 0.15) is 5.69 Å². The predicted octanol–water partition coefficient (Wildman–Crippen LogP) is 0.766. The third kappa shape index (κ3) is 3.96. The molecule has 0 unspecified atom stereocenters. The summed E-state index contributed by atoms with van der Waals surface area (Å²) in [6, 6.07) is 6.26. The fraction of sp³-hybridized carbons (Fsp3) is 0.409. The van der Waals surface area contributed by atoms with Gasteiger partial charge in [0.2, 0.25) is 11.6 Å². The molecule has 12 heteroatoms. The number of fused-ring (bicyclic) bond motifs is 2.